The van der Waals surface area contributed by atoms with E-state index in [1.807, 2.05) is 0 Å². The third kappa shape index (κ3) is 3.56. The summed E-state index contributed by atoms with van der Waals surface area (Å²) in [4.78, 5) is 2.24. The van der Waals surface area contributed by atoms with Crippen molar-refractivity contribution in [2.45, 2.75) is 37.5 Å². The molecule has 1 aromatic rings. The fraction of sp³-hybridized carbons (Fsp3) is 0.667. The summed E-state index contributed by atoms with van der Waals surface area (Å²) >= 11 is 0. The SMILES string of the molecule is CN(C)CCC1(C)CNc2ccc(C3CCS(=O)(=O)CC3)cc21.[HH]. The fourth-order valence-electron chi connectivity index (χ4n) is 3.77. The molecule has 3 rings (SSSR count). The number of hydrogen-bond donors (Lipinski definition) is 1. The number of benzene rings is 1. The summed E-state index contributed by atoms with van der Waals surface area (Å²) in [6.45, 7) is 4.40. The van der Waals surface area contributed by atoms with E-state index in [2.05, 4.69) is 49.4 Å². The molecule has 0 bridgehead atoms. The van der Waals surface area contributed by atoms with Crippen LogP contribution in [0.15, 0.2) is 18.2 Å². The number of rotatable bonds is 4. The molecule has 2 heterocycles. The van der Waals surface area contributed by atoms with E-state index in [4.69, 9.17) is 0 Å². The molecular formula is C18H30N2O2S. The Labute approximate surface area is 141 Å². The standard InChI is InChI=1S/C18H28N2O2S.H2/c1-18(8-9-20(2)3)13-19-17-5-4-15(12-16(17)18)14-6-10-23(21,22)11-7-14;/h4-5,12,14,19H,6-11,13H2,1-3H3;1H. The maximum absolute atomic E-state index is 11.7. The molecule has 2 aliphatic heterocycles. The zero-order valence-corrected chi connectivity index (χ0v) is 15.2. The third-order valence-corrected chi connectivity index (χ3v) is 7.22. The molecule has 0 aromatic heterocycles. The van der Waals surface area contributed by atoms with Gasteiger partial charge in [-0.2, -0.15) is 0 Å². The van der Waals surface area contributed by atoms with E-state index in [9.17, 15) is 8.42 Å². The Morgan fingerprint density at radius 3 is 2.65 bits per heavy atom. The van der Waals surface area contributed by atoms with Crippen LogP contribution < -0.4 is 5.32 Å². The van der Waals surface area contributed by atoms with Crippen LogP contribution in [0.4, 0.5) is 5.69 Å². The highest BCUT2D eigenvalue weighted by atomic mass is 32.2. The molecule has 0 radical (unpaired) electrons. The predicted molar refractivity (Wildman–Crippen MR) is 98.2 cm³/mol. The lowest BCUT2D eigenvalue weighted by Gasteiger charge is -2.28. The van der Waals surface area contributed by atoms with Gasteiger partial charge in [0.15, 0.2) is 0 Å². The first-order valence-electron chi connectivity index (χ1n) is 8.53. The number of hydrogen-bond acceptors (Lipinski definition) is 4. The zero-order chi connectivity index (χ0) is 16.7. The van der Waals surface area contributed by atoms with Crippen LogP contribution in [-0.4, -0.2) is 52.0 Å². The average molecular weight is 339 g/mol. The highest BCUT2D eigenvalue weighted by molar-refractivity contribution is 7.91. The summed E-state index contributed by atoms with van der Waals surface area (Å²) < 4.78 is 23.3. The molecule has 1 N–H and O–H groups in total. The normalized spacial score (nSPS) is 27.0. The molecule has 0 amide bonds. The maximum atomic E-state index is 11.7. The van der Waals surface area contributed by atoms with Gasteiger partial charge in [-0.15, -0.1) is 0 Å². The lowest BCUT2D eigenvalue weighted by molar-refractivity contribution is 0.342. The van der Waals surface area contributed by atoms with Gasteiger partial charge < -0.3 is 10.2 Å². The van der Waals surface area contributed by atoms with E-state index in [1.54, 1.807) is 0 Å². The largest absolute Gasteiger partial charge is 0.384 e. The van der Waals surface area contributed by atoms with Crippen LogP contribution in [0, 0.1) is 0 Å². The van der Waals surface area contributed by atoms with E-state index in [1.165, 1.54) is 16.8 Å². The number of nitrogens with one attached hydrogen (secondary N) is 1. The van der Waals surface area contributed by atoms with Crippen molar-refractivity contribution >= 4 is 15.5 Å². The smallest absolute Gasteiger partial charge is 0.150 e. The first-order chi connectivity index (χ1) is 10.8. The highest BCUT2D eigenvalue weighted by Gasteiger charge is 2.35. The average Bonchev–Trinajstić information content (AvgIpc) is 2.83. The van der Waals surface area contributed by atoms with Crippen LogP contribution in [0.2, 0.25) is 0 Å². The maximum Gasteiger partial charge on any atom is 0.150 e. The van der Waals surface area contributed by atoms with Crippen molar-refractivity contribution < 1.29 is 9.84 Å². The molecule has 1 saturated heterocycles. The summed E-state index contributed by atoms with van der Waals surface area (Å²) in [5.41, 5.74) is 4.14. The minimum atomic E-state index is -2.79. The van der Waals surface area contributed by atoms with Gasteiger partial charge in [-0.3, -0.25) is 0 Å². The van der Waals surface area contributed by atoms with E-state index in [0.717, 1.165) is 32.4 Å². The summed E-state index contributed by atoms with van der Waals surface area (Å²) in [5, 5.41) is 3.54. The van der Waals surface area contributed by atoms with Gasteiger partial charge in [-0.25, -0.2) is 8.42 Å². The van der Waals surface area contributed by atoms with Crippen LogP contribution in [-0.2, 0) is 15.3 Å². The quantitative estimate of drug-likeness (QED) is 0.917. The minimum absolute atomic E-state index is 0. The summed E-state index contributed by atoms with van der Waals surface area (Å²) in [6, 6.07) is 6.72. The Morgan fingerprint density at radius 2 is 2.00 bits per heavy atom. The molecule has 4 nitrogen and oxygen atoms in total. The molecule has 2 aliphatic rings. The molecule has 1 unspecified atom stereocenters. The van der Waals surface area contributed by atoms with E-state index in [-0.39, 0.29) is 6.84 Å². The lowest BCUT2D eigenvalue weighted by Crippen LogP contribution is -2.29. The first kappa shape index (κ1) is 16.8. The van der Waals surface area contributed by atoms with Gasteiger partial charge in [0.1, 0.15) is 9.84 Å². The minimum Gasteiger partial charge on any atom is -0.384 e. The second kappa shape index (κ2) is 6.10. The fourth-order valence-corrected chi connectivity index (χ4v) is 5.26. The predicted octanol–water partition coefficient (Wildman–Crippen LogP) is 2.86. The Hall–Kier alpha value is -1.07. The molecule has 130 valence electrons. The van der Waals surface area contributed by atoms with Crippen molar-refractivity contribution in [3.05, 3.63) is 29.3 Å². The molecule has 23 heavy (non-hydrogen) atoms. The summed E-state index contributed by atoms with van der Waals surface area (Å²) in [6.07, 6.45) is 2.66. The van der Waals surface area contributed by atoms with E-state index >= 15 is 0 Å². The Bertz CT molecular complexity index is 676. The number of anilines is 1. The van der Waals surface area contributed by atoms with Gasteiger partial charge >= 0.3 is 0 Å². The van der Waals surface area contributed by atoms with Crippen LogP contribution in [0.5, 0.6) is 0 Å². The zero-order valence-electron chi connectivity index (χ0n) is 14.4. The molecule has 1 fully saturated rings. The molecule has 0 saturated carbocycles. The molecule has 5 heteroatoms. The van der Waals surface area contributed by atoms with Crippen molar-refractivity contribution in [2.75, 3.05) is 44.0 Å². The topological polar surface area (TPSA) is 49.4 Å². The molecule has 0 aliphatic carbocycles. The van der Waals surface area contributed by atoms with Gasteiger partial charge in [-0.1, -0.05) is 19.1 Å². The molecule has 1 aromatic carbocycles. The Balaban J connectivity index is 0.00000208. The summed E-state index contributed by atoms with van der Waals surface area (Å²) in [7, 11) is 1.44. The Morgan fingerprint density at radius 1 is 1.30 bits per heavy atom. The molecular weight excluding hydrogens is 308 g/mol. The second-order valence-electron chi connectivity index (χ2n) is 7.70. The lowest BCUT2D eigenvalue weighted by atomic mass is 9.79. The number of nitrogens with zero attached hydrogens (tertiary/aromatic N) is 1. The van der Waals surface area contributed by atoms with Gasteiger partial charge in [0.25, 0.3) is 0 Å². The summed E-state index contributed by atoms with van der Waals surface area (Å²) in [5.74, 6) is 1.07. The van der Waals surface area contributed by atoms with Crippen molar-refractivity contribution in [2.24, 2.45) is 0 Å². The van der Waals surface area contributed by atoms with Gasteiger partial charge in [0.2, 0.25) is 0 Å². The van der Waals surface area contributed by atoms with Crippen LogP contribution in [0.1, 0.15) is 44.7 Å². The molecule has 0 spiro atoms. The monoisotopic (exact) mass is 338 g/mol. The Kier molecular flexibility index (Phi) is 4.45. The van der Waals surface area contributed by atoms with Crippen LogP contribution in [0.3, 0.4) is 0 Å². The first-order valence-corrected chi connectivity index (χ1v) is 10.3. The van der Waals surface area contributed by atoms with Crippen molar-refractivity contribution in [3.63, 3.8) is 0 Å². The van der Waals surface area contributed by atoms with Crippen LogP contribution >= 0.6 is 0 Å². The highest BCUT2D eigenvalue weighted by Crippen LogP contribution is 2.41. The number of fused-ring (bicyclic) bond motifs is 1. The van der Waals surface area contributed by atoms with Gasteiger partial charge in [-0.05, 0) is 63.0 Å². The van der Waals surface area contributed by atoms with Gasteiger partial charge in [0.05, 0.1) is 11.5 Å². The third-order valence-electron chi connectivity index (χ3n) is 5.50. The molecule has 1 atom stereocenters. The van der Waals surface area contributed by atoms with Crippen LogP contribution in [0.25, 0.3) is 0 Å². The number of sulfone groups is 1. The van der Waals surface area contributed by atoms with Gasteiger partial charge in [0, 0.05) is 19.1 Å². The van der Waals surface area contributed by atoms with E-state index in [0.29, 0.717) is 17.4 Å². The van der Waals surface area contributed by atoms with Crippen molar-refractivity contribution in [3.8, 4) is 0 Å². The second-order valence-corrected chi connectivity index (χ2v) is 10.0. The van der Waals surface area contributed by atoms with E-state index < -0.39 is 9.84 Å². The van der Waals surface area contributed by atoms with Crippen molar-refractivity contribution in [1.82, 2.24) is 4.90 Å². The van der Waals surface area contributed by atoms with Crippen molar-refractivity contribution in [1.29, 1.82) is 0 Å².